The van der Waals surface area contributed by atoms with Crippen molar-refractivity contribution in [3.8, 4) is 0 Å². The molecule has 0 unspecified atom stereocenters. The van der Waals surface area contributed by atoms with Crippen molar-refractivity contribution in [2.24, 2.45) is 0 Å². The number of aromatic nitrogens is 1. The van der Waals surface area contributed by atoms with Gasteiger partial charge >= 0.3 is 5.97 Å². The van der Waals surface area contributed by atoms with Gasteiger partial charge in [0.2, 0.25) is 0 Å². The Morgan fingerprint density at radius 1 is 1.20 bits per heavy atom. The van der Waals surface area contributed by atoms with Crippen LogP contribution in [0, 0.1) is 0 Å². The van der Waals surface area contributed by atoms with Gasteiger partial charge in [-0.3, -0.25) is 0 Å². The molecule has 1 aromatic heterocycles. The van der Waals surface area contributed by atoms with Gasteiger partial charge in [-0.15, -0.1) is 0 Å². The van der Waals surface area contributed by atoms with E-state index in [1.807, 2.05) is 0 Å². The van der Waals surface area contributed by atoms with Crippen molar-refractivity contribution in [2.45, 2.75) is 0 Å². The normalized spacial score (nSPS) is 10.0. The van der Waals surface area contributed by atoms with E-state index in [0.717, 1.165) is 5.39 Å². The molecule has 0 spiro atoms. The van der Waals surface area contributed by atoms with E-state index in [1.54, 1.807) is 12.1 Å². The molecule has 0 aliphatic rings. The number of nitrogens with one attached hydrogen (secondary N) is 1. The Hall–Kier alpha value is -0.567. The predicted octanol–water partition coefficient (Wildman–Crippen LogP) is 3.17. The van der Waals surface area contributed by atoms with Gasteiger partial charge in [-0.05, 0) is 18.2 Å². The van der Waals surface area contributed by atoms with Crippen LogP contribution in [-0.2, 0) is 19.5 Å². The summed E-state index contributed by atoms with van der Waals surface area (Å²) in [6, 6.07) is 4.74. The van der Waals surface area contributed by atoms with Crippen molar-refractivity contribution in [3.63, 3.8) is 0 Å². The van der Waals surface area contributed by atoms with Crippen molar-refractivity contribution in [1.29, 1.82) is 0 Å². The molecule has 0 bridgehead atoms. The summed E-state index contributed by atoms with van der Waals surface area (Å²) in [7, 11) is 0. The number of hydrogen-bond acceptors (Lipinski definition) is 1. The van der Waals surface area contributed by atoms with Crippen LogP contribution in [0.2, 0.25) is 10.0 Å². The first kappa shape index (κ1) is 12.5. The number of carboxylic acids is 1. The molecule has 0 amide bonds. The Bertz CT molecular complexity index is 485. The number of carbonyl (C=O) groups is 1. The van der Waals surface area contributed by atoms with Gasteiger partial charge in [0.15, 0.2) is 0 Å². The minimum absolute atomic E-state index is 0. The number of fused-ring (bicyclic) bond motifs is 1. The van der Waals surface area contributed by atoms with Gasteiger partial charge in [0.05, 0.1) is 10.0 Å². The molecule has 3 nitrogen and oxygen atoms in total. The Morgan fingerprint density at radius 3 is 2.40 bits per heavy atom. The number of carboxylic acid groups (broad SMARTS) is 1. The van der Waals surface area contributed by atoms with Crippen molar-refractivity contribution in [1.82, 2.24) is 4.98 Å². The van der Waals surface area contributed by atoms with Crippen molar-refractivity contribution in [3.05, 3.63) is 33.9 Å². The average Bonchev–Trinajstić information content (AvgIpc) is 2.48. The minimum Gasteiger partial charge on any atom is -0.477 e. The molecule has 0 aliphatic heterocycles. The second-order valence-electron chi connectivity index (χ2n) is 2.84. The molecule has 0 radical (unpaired) electrons. The zero-order chi connectivity index (χ0) is 10.3. The van der Waals surface area contributed by atoms with Crippen molar-refractivity contribution < 1.29 is 29.4 Å². The third kappa shape index (κ3) is 2.33. The number of benzene rings is 1. The number of aromatic amines is 1. The first-order chi connectivity index (χ1) is 6.58. The van der Waals surface area contributed by atoms with Gasteiger partial charge in [0.1, 0.15) is 5.69 Å². The second kappa shape index (κ2) is 4.52. The zero-order valence-electron chi connectivity index (χ0n) is 7.55. The topological polar surface area (TPSA) is 53.1 Å². The molecule has 2 rings (SSSR count). The Balaban J connectivity index is 0.00000112. The molecule has 74 valence electrons. The van der Waals surface area contributed by atoms with Crippen LogP contribution in [0.25, 0.3) is 10.9 Å². The fraction of sp³-hybridized carbons (Fsp3) is 0. The third-order valence-corrected chi connectivity index (χ3v) is 2.61. The molecule has 6 heteroatoms. The number of H-pyrrole nitrogens is 1. The van der Waals surface area contributed by atoms with Crippen LogP contribution in [0.5, 0.6) is 0 Å². The Kier molecular flexibility index (Phi) is 3.77. The van der Waals surface area contributed by atoms with E-state index in [4.69, 9.17) is 28.3 Å². The molecular weight excluding hydrogens is 290 g/mol. The molecular formula is C9H5Cl2NO2Zn. The number of hydrogen-bond donors (Lipinski definition) is 2. The fourth-order valence-electron chi connectivity index (χ4n) is 1.24. The summed E-state index contributed by atoms with van der Waals surface area (Å²) in [5.41, 5.74) is 0.787. The van der Waals surface area contributed by atoms with Gasteiger partial charge in [-0.25, -0.2) is 4.79 Å². The molecule has 0 atom stereocenters. The number of rotatable bonds is 1. The summed E-state index contributed by atoms with van der Waals surface area (Å²) in [6.07, 6.45) is 0. The largest absolute Gasteiger partial charge is 0.477 e. The van der Waals surface area contributed by atoms with E-state index in [2.05, 4.69) is 4.98 Å². The van der Waals surface area contributed by atoms with Crippen LogP contribution in [0.3, 0.4) is 0 Å². The fourth-order valence-corrected chi connectivity index (χ4v) is 1.58. The van der Waals surface area contributed by atoms with E-state index in [0.29, 0.717) is 15.6 Å². The third-order valence-electron chi connectivity index (χ3n) is 1.89. The summed E-state index contributed by atoms with van der Waals surface area (Å²) in [5, 5.41) is 10.3. The van der Waals surface area contributed by atoms with Gasteiger partial charge in [0.25, 0.3) is 0 Å². The Labute approximate surface area is 108 Å². The maximum atomic E-state index is 10.6. The summed E-state index contributed by atoms with van der Waals surface area (Å²) < 4.78 is 0. The molecule has 0 saturated carbocycles. The smallest absolute Gasteiger partial charge is 0.352 e. The summed E-state index contributed by atoms with van der Waals surface area (Å²) in [4.78, 5) is 13.4. The molecule has 0 saturated heterocycles. The summed E-state index contributed by atoms with van der Waals surface area (Å²) in [6.45, 7) is 0. The van der Waals surface area contributed by atoms with E-state index in [-0.39, 0.29) is 25.2 Å². The molecule has 2 N–H and O–H groups in total. The monoisotopic (exact) mass is 293 g/mol. The van der Waals surface area contributed by atoms with Crippen LogP contribution in [0.15, 0.2) is 18.2 Å². The van der Waals surface area contributed by atoms with Crippen LogP contribution in [0.1, 0.15) is 10.5 Å². The molecule has 15 heavy (non-hydrogen) atoms. The van der Waals surface area contributed by atoms with Crippen LogP contribution < -0.4 is 0 Å². The first-order valence-electron chi connectivity index (χ1n) is 3.79. The van der Waals surface area contributed by atoms with Crippen LogP contribution >= 0.6 is 23.2 Å². The zero-order valence-corrected chi connectivity index (χ0v) is 12.0. The maximum Gasteiger partial charge on any atom is 0.352 e. The van der Waals surface area contributed by atoms with E-state index >= 15 is 0 Å². The van der Waals surface area contributed by atoms with E-state index in [1.165, 1.54) is 6.07 Å². The molecule has 0 fully saturated rings. The summed E-state index contributed by atoms with van der Waals surface area (Å²) in [5.74, 6) is -1.01. The van der Waals surface area contributed by atoms with Gasteiger partial charge in [-0.1, -0.05) is 23.2 Å². The standard InChI is InChI=1S/C9H5Cl2NO2.Zn/c10-5-1-4-2-8(9(13)14)12-7(4)3-6(5)11;/h1-3,12H,(H,13,14);. The van der Waals surface area contributed by atoms with Crippen LogP contribution in [-0.4, -0.2) is 16.1 Å². The first-order valence-corrected chi connectivity index (χ1v) is 4.54. The quantitative estimate of drug-likeness (QED) is 0.794. The second-order valence-corrected chi connectivity index (χ2v) is 3.66. The van der Waals surface area contributed by atoms with E-state index in [9.17, 15) is 4.79 Å². The van der Waals surface area contributed by atoms with Gasteiger partial charge < -0.3 is 10.1 Å². The van der Waals surface area contributed by atoms with Crippen molar-refractivity contribution in [2.75, 3.05) is 0 Å². The minimum atomic E-state index is -1.01. The number of aromatic carboxylic acids is 1. The molecule has 1 heterocycles. The predicted molar refractivity (Wildman–Crippen MR) is 55.3 cm³/mol. The average molecular weight is 295 g/mol. The van der Waals surface area contributed by atoms with Crippen LogP contribution in [0.4, 0.5) is 0 Å². The SMILES string of the molecule is O=C(O)c1cc2cc(Cl)c(Cl)cc2[nH]1.[Zn]. The van der Waals surface area contributed by atoms with E-state index < -0.39 is 5.97 Å². The van der Waals surface area contributed by atoms with Gasteiger partial charge in [-0.2, -0.15) is 0 Å². The molecule has 2 aromatic rings. The summed E-state index contributed by atoms with van der Waals surface area (Å²) >= 11 is 11.6. The maximum absolute atomic E-state index is 10.6. The van der Waals surface area contributed by atoms with Crippen molar-refractivity contribution >= 4 is 40.1 Å². The van der Waals surface area contributed by atoms with Gasteiger partial charge in [0, 0.05) is 30.4 Å². The molecule has 1 aromatic carbocycles. The Morgan fingerprint density at radius 2 is 1.80 bits per heavy atom. The molecule has 0 aliphatic carbocycles. The number of halogens is 2.